The van der Waals surface area contributed by atoms with Gasteiger partial charge >= 0.3 is 5.97 Å². The fourth-order valence-corrected chi connectivity index (χ4v) is 2.09. The second kappa shape index (κ2) is 7.18. The van der Waals surface area contributed by atoms with Crippen molar-refractivity contribution in [3.05, 3.63) is 29.6 Å². The number of hydrogen-bond donors (Lipinski definition) is 3. The number of rotatable bonds is 2. The number of aliphatic carboxylic acids is 1. The topological polar surface area (TPSA) is 77.5 Å². The summed E-state index contributed by atoms with van der Waals surface area (Å²) in [7, 11) is 0. The first-order valence-corrected chi connectivity index (χ1v) is 6.54. The van der Waals surface area contributed by atoms with E-state index in [1.54, 1.807) is 0 Å². The summed E-state index contributed by atoms with van der Waals surface area (Å²) in [4.78, 5) is 17.3. The summed E-state index contributed by atoms with van der Waals surface area (Å²) < 4.78 is 0. The van der Waals surface area contributed by atoms with Crippen molar-refractivity contribution in [3.8, 4) is 0 Å². The molecule has 104 valence electrons. The molecule has 0 saturated carbocycles. The molecule has 0 radical (unpaired) electrons. The Morgan fingerprint density at radius 1 is 1.21 bits per heavy atom. The van der Waals surface area contributed by atoms with Crippen molar-refractivity contribution < 1.29 is 9.90 Å². The lowest BCUT2D eigenvalue weighted by Gasteiger charge is -2.21. The van der Waals surface area contributed by atoms with Crippen LogP contribution in [0.25, 0.3) is 0 Å². The molecule has 0 aromatic carbocycles. The Morgan fingerprint density at radius 3 is 2.32 bits per heavy atom. The zero-order valence-corrected chi connectivity index (χ0v) is 10.9. The van der Waals surface area contributed by atoms with Gasteiger partial charge in [-0.15, -0.1) is 0 Å². The number of nitrogens with zero attached hydrogens (tertiary/aromatic N) is 2. The number of nitrogens with one attached hydrogen (secondary N) is 2. The van der Waals surface area contributed by atoms with Gasteiger partial charge in [0.1, 0.15) is 0 Å². The van der Waals surface area contributed by atoms with Crippen molar-refractivity contribution in [3.63, 3.8) is 0 Å². The van der Waals surface area contributed by atoms with E-state index >= 15 is 0 Å². The van der Waals surface area contributed by atoms with Crippen LogP contribution >= 0.6 is 0 Å². The number of aromatic nitrogens is 1. The maximum absolute atomic E-state index is 10.8. The lowest BCUT2D eigenvalue weighted by atomic mass is 10.3. The number of carbonyl (C=O) groups is 1. The number of hydrogen-bond acceptors (Lipinski definition) is 5. The number of carboxylic acids is 1. The Balaban J connectivity index is 1.94. The Labute approximate surface area is 112 Å². The first-order valence-electron chi connectivity index (χ1n) is 6.54. The third kappa shape index (κ3) is 4.94. The van der Waals surface area contributed by atoms with Gasteiger partial charge in [-0.1, -0.05) is 6.07 Å². The predicted molar refractivity (Wildman–Crippen MR) is 71.7 cm³/mol. The maximum Gasteiger partial charge on any atom is 0.317 e. The van der Waals surface area contributed by atoms with E-state index < -0.39 is 5.97 Å². The van der Waals surface area contributed by atoms with Gasteiger partial charge in [0, 0.05) is 39.3 Å². The Hall–Kier alpha value is -1.50. The van der Waals surface area contributed by atoms with Crippen molar-refractivity contribution in [2.45, 2.75) is 13.1 Å². The van der Waals surface area contributed by atoms with E-state index in [0.717, 1.165) is 50.7 Å². The molecule has 1 aromatic heterocycles. The van der Waals surface area contributed by atoms with Gasteiger partial charge in [0.2, 0.25) is 0 Å². The SMILES string of the molecule is O=C(O)CN1CCNCc2cccc(n2)CNCC1. The summed E-state index contributed by atoms with van der Waals surface area (Å²) in [6, 6.07) is 6.01. The highest BCUT2D eigenvalue weighted by Crippen LogP contribution is 2.00. The largest absolute Gasteiger partial charge is 0.480 e. The molecule has 6 nitrogen and oxygen atoms in total. The molecular weight excluding hydrogens is 244 g/mol. The van der Waals surface area contributed by atoms with Crippen LogP contribution in [0.3, 0.4) is 0 Å². The quantitative estimate of drug-likeness (QED) is 0.678. The molecule has 19 heavy (non-hydrogen) atoms. The van der Waals surface area contributed by atoms with E-state index in [0.29, 0.717) is 0 Å². The second-order valence-corrected chi connectivity index (χ2v) is 4.64. The van der Waals surface area contributed by atoms with E-state index in [9.17, 15) is 4.79 Å². The Morgan fingerprint density at radius 2 is 1.79 bits per heavy atom. The average molecular weight is 264 g/mol. The summed E-state index contributed by atoms with van der Waals surface area (Å²) >= 11 is 0. The van der Waals surface area contributed by atoms with Crippen molar-refractivity contribution in [2.24, 2.45) is 0 Å². The molecule has 0 unspecified atom stereocenters. The highest BCUT2D eigenvalue weighted by Gasteiger charge is 2.09. The molecule has 0 amide bonds. The highest BCUT2D eigenvalue weighted by atomic mass is 16.4. The van der Waals surface area contributed by atoms with Crippen LogP contribution in [0, 0.1) is 0 Å². The van der Waals surface area contributed by atoms with Crippen molar-refractivity contribution >= 4 is 5.97 Å². The molecule has 2 bridgehead atoms. The van der Waals surface area contributed by atoms with Crippen LogP contribution in [0.15, 0.2) is 18.2 Å². The van der Waals surface area contributed by atoms with E-state index in [1.165, 1.54) is 0 Å². The number of pyridine rings is 1. The van der Waals surface area contributed by atoms with Crippen LogP contribution in [-0.4, -0.2) is 53.7 Å². The monoisotopic (exact) mass is 264 g/mol. The molecular formula is C13H20N4O2. The zero-order valence-electron chi connectivity index (χ0n) is 10.9. The van der Waals surface area contributed by atoms with Gasteiger partial charge in [0.05, 0.1) is 17.9 Å². The summed E-state index contributed by atoms with van der Waals surface area (Å²) in [6.07, 6.45) is 0. The fourth-order valence-electron chi connectivity index (χ4n) is 2.09. The smallest absolute Gasteiger partial charge is 0.317 e. The molecule has 0 saturated heterocycles. The predicted octanol–water partition coefficient (Wildman–Crippen LogP) is -0.339. The summed E-state index contributed by atoms with van der Waals surface area (Å²) in [5.41, 5.74) is 2.04. The van der Waals surface area contributed by atoms with Crippen LogP contribution < -0.4 is 10.6 Å². The van der Waals surface area contributed by atoms with Crippen molar-refractivity contribution in [2.75, 3.05) is 32.7 Å². The third-order valence-electron chi connectivity index (χ3n) is 3.05. The molecule has 1 aliphatic rings. The minimum absolute atomic E-state index is 0.0902. The molecule has 0 fully saturated rings. The second-order valence-electron chi connectivity index (χ2n) is 4.64. The van der Waals surface area contributed by atoms with Gasteiger partial charge in [-0.2, -0.15) is 0 Å². The zero-order chi connectivity index (χ0) is 13.5. The molecule has 2 heterocycles. The van der Waals surface area contributed by atoms with Gasteiger partial charge < -0.3 is 15.7 Å². The Bertz CT molecular complexity index is 398. The number of carboxylic acid groups (broad SMARTS) is 1. The minimum Gasteiger partial charge on any atom is -0.480 e. The fraction of sp³-hybridized carbons (Fsp3) is 0.538. The van der Waals surface area contributed by atoms with E-state index in [-0.39, 0.29) is 6.54 Å². The molecule has 3 N–H and O–H groups in total. The normalized spacial score (nSPS) is 18.3. The van der Waals surface area contributed by atoms with Crippen LogP contribution in [0.5, 0.6) is 0 Å². The molecule has 1 aromatic rings. The van der Waals surface area contributed by atoms with Crippen molar-refractivity contribution in [1.82, 2.24) is 20.5 Å². The first-order chi connectivity index (χ1) is 9.24. The van der Waals surface area contributed by atoms with Gasteiger partial charge in [0.15, 0.2) is 0 Å². The van der Waals surface area contributed by atoms with Gasteiger partial charge in [-0.05, 0) is 12.1 Å². The van der Waals surface area contributed by atoms with Gasteiger partial charge in [-0.25, -0.2) is 0 Å². The van der Waals surface area contributed by atoms with E-state index in [1.807, 2.05) is 23.1 Å². The summed E-state index contributed by atoms with van der Waals surface area (Å²) in [5.74, 6) is -0.779. The average Bonchev–Trinajstić information content (AvgIpc) is 2.38. The van der Waals surface area contributed by atoms with Crippen LogP contribution in [-0.2, 0) is 17.9 Å². The molecule has 6 heteroatoms. The van der Waals surface area contributed by atoms with E-state index in [4.69, 9.17) is 5.11 Å². The number of fused-ring (bicyclic) bond motifs is 2. The molecule has 0 aliphatic carbocycles. The minimum atomic E-state index is -0.779. The summed E-state index contributed by atoms with van der Waals surface area (Å²) in [6.45, 7) is 4.51. The van der Waals surface area contributed by atoms with Crippen LogP contribution in [0.1, 0.15) is 11.4 Å². The lowest BCUT2D eigenvalue weighted by Crippen LogP contribution is -2.40. The molecule has 1 aliphatic heterocycles. The van der Waals surface area contributed by atoms with Crippen LogP contribution in [0.2, 0.25) is 0 Å². The third-order valence-corrected chi connectivity index (χ3v) is 3.05. The molecule has 0 atom stereocenters. The molecule has 0 spiro atoms. The standard InChI is InChI=1S/C13H20N4O2/c18-13(19)10-17-6-4-14-8-11-2-1-3-12(16-11)9-15-5-7-17/h1-3,14-15H,4-10H2,(H,18,19). The van der Waals surface area contributed by atoms with Crippen LogP contribution in [0.4, 0.5) is 0 Å². The maximum atomic E-state index is 10.8. The van der Waals surface area contributed by atoms with E-state index in [2.05, 4.69) is 15.6 Å². The lowest BCUT2D eigenvalue weighted by molar-refractivity contribution is -0.138. The Kier molecular flexibility index (Phi) is 5.26. The van der Waals surface area contributed by atoms with Crippen molar-refractivity contribution in [1.29, 1.82) is 0 Å². The van der Waals surface area contributed by atoms with Gasteiger partial charge in [0.25, 0.3) is 0 Å². The highest BCUT2D eigenvalue weighted by molar-refractivity contribution is 5.69. The first kappa shape index (κ1) is 13.9. The summed E-state index contributed by atoms with van der Waals surface area (Å²) in [5, 5.41) is 15.5. The molecule has 2 rings (SSSR count). The van der Waals surface area contributed by atoms with Gasteiger partial charge in [-0.3, -0.25) is 14.7 Å².